The number of aryl methyl sites for hydroxylation is 1. The molecule has 0 amide bonds. The first-order valence-electron chi connectivity index (χ1n) is 10.1. The van der Waals surface area contributed by atoms with E-state index in [1.165, 1.54) is 22.7 Å². The molecule has 0 saturated heterocycles. The van der Waals surface area contributed by atoms with Crippen molar-refractivity contribution in [3.63, 3.8) is 0 Å². The summed E-state index contributed by atoms with van der Waals surface area (Å²) in [6, 6.07) is 8.03. The number of fused-ring (bicyclic) bond motifs is 1. The first-order chi connectivity index (χ1) is 14.7. The van der Waals surface area contributed by atoms with Gasteiger partial charge in [-0.05, 0) is 56.4 Å². The normalized spacial score (nSPS) is 22.1. The van der Waals surface area contributed by atoms with E-state index >= 15 is 0 Å². The summed E-state index contributed by atoms with van der Waals surface area (Å²) < 4.78 is 64.9. The van der Waals surface area contributed by atoms with Crippen LogP contribution < -0.4 is 4.74 Å². The van der Waals surface area contributed by atoms with Gasteiger partial charge in [-0.15, -0.1) is 10.2 Å². The van der Waals surface area contributed by atoms with Gasteiger partial charge in [0.15, 0.2) is 5.65 Å². The van der Waals surface area contributed by atoms with Crippen LogP contribution in [0.2, 0.25) is 0 Å². The lowest BCUT2D eigenvalue weighted by Gasteiger charge is -2.39. The van der Waals surface area contributed by atoms with Gasteiger partial charge in [-0.25, -0.2) is 4.39 Å². The van der Waals surface area contributed by atoms with Crippen LogP contribution in [0.25, 0.3) is 5.65 Å². The first-order valence-corrected chi connectivity index (χ1v) is 10.1. The highest BCUT2D eigenvalue weighted by atomic mass is 19.4. The summed E-state index contributed by atoms with van der Waals surface area (Å²) in [4.78, 5) is 0. The Morgan fingerprint density at radius 1 is 1.10 bits per heavy atom. The Bertz CT molecular complexity index is 1060. The van der Waals surface area contributed by atoms with Crippen LogP contribution in [0, 0.1) is 12.7 Å². The maximum atomic E-state index is 13.3. The lowest BCUT2D eigenvalue weighted by Crippen LogP contribution is -2.37. The van der Waals surface area contributed by atoms with E-state index in [4.69, 9.17) is 9.47 Å². The van der Waals surface area contributed by atoms with Crippen LogP contribution in [-0.2, 0) is 16.8 Å². The highest BCUT2D eigenvalue weighted by Crippen LogP contribution is 2.41. The molecule has 0 spiro atoms. The number of nitrogens with zero attached hydrogens (tertiary/aromatic N) is 3. The molecule has 1 saturated carbocycles. The average molecular weight is 437 g/mol. The summed E-state index contributed by atoms with van der Waals surface area (Å²) in [5.74, 6) is 0.138. The molecule has 0 aliphatic heterocycles. The molecule has 0 unspecified atom stereocenters. The molecule has 3 aromatic rings. The average Bonchev–Trinajstić information content (AvgIpc) is 3.13. The summed E-state index contributed by atoms with van der Waals surface area (Å²) in [5, 5.41) is 7.62. The smallest absolute Gasteiger partial charge is 0.396 e. The number of rotatable bonds is 5. The van der Waals surface area contributed by atoms with Gasteiger partial charge in [-0.3, -0.25) is 4.40 Å². The second kappa shape index (κ2) is 8.11. The number of benzene rings is 1. The molecule has 166 valence electrons. The fourth-order valence-corrected chi connectivity index (χ4v) is 4.26. The molecule has 1 aromatic carbocycles. The van der Waals surface area contributed by atoms with Crippen molar-refractivity contribution < 1.29 is 27.0 Å². The number of alkyl halides is 3. The first kappa shape index (κ1) is 21.5. The predicted octanol–water partition coefficient (Wildman–Crippen LogP) is 5.14. The van der Waals surface area contributed by atoms with Crippen molar-refractivity contribution in [3.05, 3.63) is 59.3 Å². The number of hydrogen-bond donors (Lipinski definition) is 0. The third kappa shape index (κ3) is 4.37. The third-order valence-electron chi connectivity index (χ3n) is 6.00. The summed E-state index contributed by atoms with van der Waals surface area (Å²) >= 11 is 0. The predicted molar refractivity (Wildman–Crippen MR) is 105 cm³/mol. The molecule has 5 nitrogen and oxygen atoms in total. The van der Waals surface area contributed by atoms with Crippen LogP contribution in [0.3, 0.4) is 0 Å². The maximum absolute atomic E-state index is 13.3. The highest BCUT2D eigenvalue weighted by Gasteiger charge is 2.38. The summed E-state index contributed by atoms with van der Waals surface area (Å²) in [6.07, 6.45) is -1.18. The zero-order valence-electron chi connectivity index (χ0n) is 17.2. The van der Waals surface area contributed by atoms with Gasteiger partial charge in [-0.1, -0.05) is 12.1 Å². The van der Waals surface area contributed by atoms with Crippen molar-refractivity contribution in [1.82, 2.24) is 14.6 Å². The lowest BCUT2D eigenvalue weighted by atomic mass is 9.78. The topological polar surface area (TPSA) is 48.7 Å². The van der Waals surface area contributed by atoms with Crippen molar-refractivity contribution in [2.24, 2.45) is 0 Å². The van der Waals surface area contributed by atoms with Crippen LogP contribution in [0.4, 0.5) is 17.6 Å². The van der Waals surface area contributed by atoms with Gasteiger partial charge < -0.3 is 9.47 Å². The van der Waals surface area contributed by atoms with Crippen LogP contribution in [-0.4, -0.2) is 34.0 Å². The van der Waals surface area contributed by atoms with E-state index in [-0.39, 0.29) is 17.7 Å². The van der Waals surface area contributed by atoms with E-state index in [1.807, 2.05) is 0 Å². The second-order valence-electron chi connectivity index (χ2n) is 7.93. The molecule has 2 aromatic heterocycles. The second-order valence-corrected chi connectivity index (χ2v) is 7.93. The van der Waals surface area contributed by atoms with Crippen molar-refractivity contribution >= 4 is 5.65 Å². The van der Waals surface area contributed by atoms with Crippen molar-refractivity contribution in [2.45, 2.75) is 56.9 Å². The standard InChI is InChI=1S/C22H23F4N3O2/c1-14-18(9-12-29-19(13-22(24,25)26)27-28-20(14)29)31-17-7-10-21(30-2,11-8-17)15-3-5-16(23)6-4-15/h3-6,9,12,17H,7-8,10-11,13H2,1-2H3/t17-,21+. The number of methoxy groups -OCH3 is 1. The molecule has 1 fully saturated rings. The van der Waals surface area contributed by atoms with Gasteiger partial charge in [0.05, 0.1) is 11.7 Å². The van der Waals surface area contributed by atoms with E-state index in [1.54, 1.807) is 32.2 Å². The Hall–Kier alpha value is -2.68. The summed E-state index contributed by atoms with van der Waals surface area (Å²) in [7, 11) is 1.66. The molecule has 9 heteroatoms. The third-order valence-corrected chi connectivity index (χ3v) is 6.00. The van der Waals surface area contributed by atoms with E-state index < -0.39 is 18.2 Å². The van der Waals surface area contributed by atoms with Crippen LogP contribution in [0.15, 0.2) is 36.5 Å². The molecule has 0 bridgehead atoms. The Labute approximate surface area is 177 Å². The molecular weight excluding hydrogens is 414 g/mol. The quantitative estimate of drug-likeness (QED) is 0.519. The van der Waals surface area contributed by atoms with Crippen molar-refractivity contribution in [3.8, 4) is 5.75 Å². The number of pyridine rings is 1. The molecule has 4 rings (SSSR count). The van der Waals surface area contributed by atoms with Gasteiger partial charge in [0.2, 0.25) is 0 Å². The Kier molecular flexibility index (Phi) is 5.63. The molecule has 0 atom stereocenters. The minimum absolute atomic E-state index is 0.0672. The van der Waals surface area contributed by atoms with Gasteiger partial charge >= 0.3 is 6.18 Å². The SMILES string of the molecule is CO[C@]1(c2ccc(F)cc2)CC[C@H](Oc2ccn3c(CC(F)(F)F)nnc3c2C)CC1. The maximum Gasteiger partial charge on any atom is 0.396 e. The molecule has 2 heterocycles. The molecule has 0 radical (unpaired) electrons. The van der Waals surface area contributed by atoms with Gasteiger partial charge in [0.1, 0.15) is 23.8 Å². The minimum atomic E-state index is -4.35. The Morgan fingerprint density at radius 3 is 2.39 bits per heavy atom. The number of ether oxygens (including phenoxy) is 2. The zero-order valence-corrected chi connectivity index (χ0v) is 17.2. The van der Waals surface area contributed by atoms with Gasteiger partial charge in [0, 0.05) is 18.9 Å². The Balaban J connectivity index is 1.48. The molecule has 1 aliphatic carbocycles. The fourth-order valence-electron chi connectivity index (χ4n) is 4.26. The Morgan fingerprint density at radius 2 is 1.77 bits per heavy atom. The largest absolute Gasteiger partial charge is 0.490 e. The van der Waals surface area contributed by atoms with Crippen LogP contribution in [0.1, 0.15) is 42.6 Å². The molecule has 1 aliphatic rings. The number of aromatic nitrogens is 3. The summed E-state index contributed by atoms with van der Waals surface area (Å²) in [5.41, 5.74) is 1.45. The van der Waals surface area contributed by atoms with Crippen molar-refractivity contribution in [2.75, 3.05) is 7.11 Å². The van der Waals surface area contributed by atoms with E-state index in [0.29, 0.717) is 29.8 Å². The minimum Gasteiger partial charge on any atom is -0.490 e. The van der Waals surface area contributed by atoms with E-state index in [9.17, 15) is 17.6 Å². The fraction of sp³-hybridized carbons (Fsp3) is 0.455. The van der Waals surface area contributed by atoms with Crippen LogP contribution in [0.5, 0.6) is 5.75 Å². The number of halogens is 4. The number of hydrogen-bond acceptors (Lipinski definition) is 4. The van der Waals surface area contributed by atoms with Gasteiger partial charge in [0.25, 0.3) is 0 Å². The molecule has 0 N–H and O–H groups in total. The monoisotopic (exact) mass is 437 g/mol. The van der Waals surface area contributed by atoms with E-state index in [2.05, 4.69) is 10.2 Å². The molecular formula is C22H23F4N3O2. The lowest BCUT2D eigenvalue weighted by molar-refractivity contribution is -0.128. The van der Waals surface area contributed by atoms with Gasteiger partial charge in [-0.2, -0.15) is 13.2 Å². The zero-order chi connectivity index (χ0) is 22.2. The highest BCUT2D eigenvalue weighted by molar-refractivity contribution is 5.54. The van der Waals surface area contributed by atoms with Crippen LogP contribution >= 0.6 is 0 Å². The summed E-state index contributed by atoms with van der Waals surface area (Å²) in [6.45, 7) is 1.76. The molecule has 31 heavy (non-hydrogen) atoms. The van der Waals surface area contributed by atoms with E-state index in [0.717, 1.165) is 18.4 Å². The van der Waals surface area contributed by atoms with Crippen molar-refractivity contribution in [1.29, 1.82) is 0 Å².